The molecule has 0 heterocycles. The molecule has 0 N–H and O–H groups in total. The lowest BCUT2D eigenvalue weighted by molar-refractivity contribution is 0.586. The van der Waals surface area contributed by atoms with E-state index in [1.165, 1.54) is 155 Å². The van der Waals surface area contributed by atoms with Crippen LogP contribution in [0.15, 0.2) is 121 Å². The molecule has 0 aliphatic heterocycles. The summed E-state index contributed by atoms with van der Waals surface area (Å²) in [4.78, 5) is 0. The van der Waals surface area contributed by atoms with E-state index in [-0.39, 0.29) is 24.3 Å². The molecule has 2 aliphatic carbocycles. The van der Waals surface area contributed by atoms with Gasteiger partial charge in [0.1, 0.15) is 0 Å². The standard InChI is InChI=1S/C69H74B2/c1-39-27-43(5)63(44(6)28-39)70(64-45(7)29-40(2)30-46(64)8)53-21-25-57-58-26-22-54(71(65-47(9)31-41(3)32-48(65)10)66-49(11)33-42(4)34-50(66)12)38-62(58)69(61(57)37-53)59-35-51(67(13,14)15)19-23-55(59)56-24-20-52(36-60(56)69)68(16,17)18/h19-38H,1-18H3. The molecule has 0 nitrogen and oxygen atoms in total. The fraction of sp³-hybridized carbons (Fsp3) is 0.304. The Kier molecular flexibility index (Phi) is 11.6. The third-order valence-corrected chi connectivity index (χ3v) is 16.8. The normalized spacial score (nSPS) is 13.3. The van der Waals surface area contributed by atoms with Crippen molar-refractivity contribution in [2.75, 3.05) is 0 Å². The summed E-state index contributed by atoms with van der Waals surface area (Å²) in [5.41, 5.74) is 37.5. The molecule has 10 rings (SSSR count). The van der Waals surface area contributed by atoms with E-state index in [4.69, 9.17) is 0 Å². The predicted octanol–water partition coefficient (Wildman–Crippen LogP) is 13.4. The summed E-state index contributed by atoms with van der Waals surface area (Å²) in [6, 6.07) is 49.6. The minimum absolute atomic E-state index is 0.0457. The smallest absolute Gasteiger partial charge is 0.0682 e. The molecule has 71 heavy (non-hydrogen) atoms. The van der Waals surface area contributed by atoms with Crippen LogP contribution in [0.1, 0.15) is 142 Å². The zero-order valence-corrected chi connectivity index (χ0v) is 46.2. The average Bonchev–Trinajstić information content (AvgIpc) is 3.72. The number of rotatable bonds is 6. The lowest BCUT2D eigenvalue weighted by atomic mass is 9.34. The topological polar surface area (TPSA) is 0 Å². The maximum absolute atomic E-state index is 2.68. The molecule has 2 aliphatic rings. The Balaban J connectivity index is 1.37. The summed E-state index contributed by atoms with van der Waals surface area (Å²) in [5, 5.41) is 0. The van der Waals surface area contributed by atoms with Crippen LogP contribution in [0.3, 0.4) is 0 Å². The van der Waals surface area contributed by atoms with Gasteiger partial charge in [0, 0.05) is 0 Å². The lowest BCUT2D eigenvalue weighted by Gasteiger charge is -2.34. The van der Waals surface area contributed by atoms with E-state index >= 15 is 0 Å². The highest BCUT2D eigenvalue weighted by molar-refractivity contribution is 6.97. The minimum atomic E-state index is -0.581. The van der Waals surface area contributed by atoms with Crippen LogP contribution in [-0.4, -0.2) is 13.4 Å². The Bertz CT molecular complexity index is 3080. The van der Waals surface area contributed by atoms with Gasteiger partial charge in [0.05, 0.1) is 5.41 Å². The first-order valence-corrected chi connectivity index (χ1v) is 26.3. The van der Waals surface area contributed by atoms with Crippen molar-refractivity contribution >= 4 is 46.2 Å². The number of hydrogen-bond donors (Lipinski definition) is 0. The summed E-state index contributed by atoms with van der Waals surface area (Å²) < 4.78 is 0. The first kappa shape index (κ1) is 48.5. The molecule has 356 valence electrons. The van der Waals surface area contributed by atoms with E-state index in [1.54, 1.807) is 0 Å². The van der Waals surface area contributed by atoms with Gasteiger partial charge in [0.2, 0.25) is 13.4 Å². The highest BCUT2D eigenvalue weighted by Gasteiger charge is 2.53. The second kappa shape index (κ2) is 17.0. The van der Waals surface area contributed by atoms with Gasteiger partial charge >= 0.3 is 0 Å². The van der Waals surface area contributed by atoms with Crippen LogP contribution in [0.2, 0.25) is 0 Å². The molecule has 0 aromatic heterocycles. The quantitative estimate of drug-likeness (QED) is 0.146. The highest BCUT2D eigenvalue weighted by Crippen LogP contribution is 2.63. The van der Waals surface area contributed by atoms with Gasteiger partial charge in [-0.2, -0.15) is 0 Å². The Labute approximate surface area is 428 Å². The Hall–Kier alpha value is -6.11. The maximum Gasteiger partial charge on any atom is 0.242 e. The summed E-state index contributed by atoms with van der Waals surface area (Å²) in [5.74, 6) is 0. The van der Waals surface area contributed by atoms with Crippen molar-refractivity contribution in [3.63, 3.8) is 0 Å². The number of fused-ring (bicyclic) bond motifs is 10. The molecule has 0 amide bonds. The van der Waals surface area contributed by atoms with E-state index in [0.717, 1.165) is 0 Å². The Morgan fingerprint density at radius 3 is 0.746 bits per heavy atom. The minimum Gasteiger partial charge on any atom is -0.0682 e. The predicted molar refractivity (Wildman–Crippen MR) is 312 cm³/mol. The SMILES string of the molecule is Cc1cc(C)c(B(c2ccc3c(c2)C2(c4cc(B(c5c(C)cc(C)cc5C)c5c(C)cc(C)cc5C)ccc4-3)c3cc(C(C)(C)C)ccc3-c3ccc(C(C)(C)C)cc32)c2c(C)cc(C)cc2C)c(C)c1. The van der Waals surface area contributed by atoms with Gasteiger partial charge in [0.25, 0.3) is 0 Å². The fourth-order valence-electron chi connectivity index (χ4n) is 14.1. The molecule has 1 spiro atoms. The Morgan fingerprint density at radius 2 is 0.507 bits per heavy atom. The van der Waals surface area contributed by atoms with Gasteiger partial charge in [-0.15, -0.1) is 0 Å². The van der Waals surface area contributed by atoms with E-state index in [9.17, 15) is 0 Å². The van der Waals surface area contributed by atoms with Crippen LogP contribution < -0.4 is 32.8 Å². The van der Waals surface area contributed by atoms with E-state index in [1.807, 2.05) is 0 Å². The summed E-state index contributed by atoms with van der Waals surface area (Å²) in [7, 11) is 0. The molecule has 0 fully saturated rings. The van der Waals surface area contributed by atoms with Crippen LogP contribution in [0.5, 0.6) is 0 Å². The van der Waals surface area contributed by atoms with Crippen LogP contribution >= 0.6 is 0 Å². The monoisotopic (exact) mass is 925 g/mol. The largest absolute Gasteiger partial charge is 0.242 e. The Morgan fingerprint density at radius 1 is 0.282 bits per heavy atom. The van der Waals surface area contributed by atoms with E-state index in [2.05, 4.69) is 246 Å². The van der Waals surface area contributed by atoms with Crippen molar-refractivity contribution < 1.29 is 0 Å². The molecule has 0 radical (unpaired) electrons. The summed E-state index contributed by atoms with van der Waals surface area (Å²) in [6.07, 6.45) is 0. The summed E-state index contributed by atoms with van der Waals surface area (Å²) >= 11 is 0. The second-order valence-corrected chi connectivity index (χ2v) is 24.5. The van der Waals surface area contributed by atoms with Crippen LogP contribution in [0, 0.1) is 83.1 Å². The van der Waals surface area contributed by atoms with Gasteiger partial charge in [0.15, 0.2) is 0 Å². The first-order chi connectivity index (χ1) is 33.4. The van der Waals surface area contributed by atoms with Crippen molar-refractivity contribution in [2.24, 2.45) is 0 Å². The van der Waals surface area contributed by atoms with Crippen LogP contribution in [-0.2, 0) is 16.2 Å². The first-order valence-electron chi connectivity index (χ1n) is 26.3. The zero-order chi connectivity index (χ0) is 51.0. The molecule has 0 unspecified atom stereocenters. The maximum atomic E-state index is 2.68. The molecule has 0 bridgehead atoms. The molecular formula is C69H74B2. The van der Waals surface area contributed by atoms with Crippen molar-refractivity contribution in [1.29, 1.82) is 0 Å². The molecule has 8 aromatic rings. The lowest BCUT2D eigenvalue weighted by Crippen LogP contribution is -2.56. The van der Waals surface area contributed by atoms with Gasteiger partial charge in [-0.25, -0.2) is 0 Å². The van der Waals surface area contributed by atoms with Gasteiger partial charge < -0.3 is 0 Å². The average molecular weight is 925 g/mol. The zero-order valence-electron chi connectivity index (χ0n) is 46.2. The van der Waals surface area contributed by atoms with E-state index < -0.39 is 5.41 Å². The number of hydrogen-bond acceptors (Lipinski definition) is 0. The molecule has 0 saturated heterocycles. The van der Waals surface area contributed by atoms with Crippen molar-refractivity contribution in [1.82, 2.24) is 0 Å². The fourth-order valence-corrected chi connectivity index (χ4v) is 14.1. The molecule has 0 saturated carbocycles. The highest BCUT2D eigenvalue weighted by atomic mass is 14.5. The molecule has 8 aromatic carbocycles. The molecule has 0 atom stereocenters. The van der Waals surface area contributed by atoms with Crippen molar-refractivity contribution in [3.05, 3.63) is 221 Å². The van der Waals surface area contributed by atoms with Crippen molar-refractivity contribution in [2.45, 2.75) is 141 Å². The third-order valence-electron chi connectivity index (χ3n) is 16.8. The molecular weight excluding hydrogens is 850 g/mol. The van der Waals surface area contributed by atoms with Gasteiger partial charge in [-0.3, -0.25) is 0 Å². The van der Waals surface area contributed by atoms with E-state index in [0.29, 0.717) is 0 Å². The van der Waals surface area contributed by atoms with Gasteiger partial charge in [-0.05, 0) is 150 Å². The van der Waals surface area contributed by atoms with Crippen LogP contribution in [0.4, 0.5) is 0 Å². The third kappa shape index (κ3) is 7.73. The van der Waals surface area contributed by atoms with Crippen molar-refractivity contribution in [3.8, 4) is 22.3 Å². The number of aryl methyl sites for hydroxylation is 12. The van der Waals surface area contributed by atoms with Gasteiger partial charge in [-0.1, -0.05) is 262 Å². The number of benzene rings is 8. The van der Waals surface area contributed by atoms with Crippen LogP contribution in [0.25, 0.3) is 22.3 Å². The second-order valence-electron chi connectivity index (χ2n) is 24.5. The summed E-state index contributed by atoms with van der Waals surface area (Å²) in [6.45, 7) is 42.0. The molecule has 2 heteroatoms.